The van der Waals surface area contributed by atoms with Gasteiger partial charge in [-0.3, -0.25) is 19.5 Å². The van der Waals surface area contributed by atoms with E-state index >= 15 is 0 Å². The summed E-state index contributed by atoms with van der Waals surface area (Å²) >= 11 is 0. The van der Waals surface area contributed by atoms with E-state index in [2.05, 4.69) is 4.98 Å². The lowest BCUT2D eigenvalue weighted by Gasteiger charge is -2.10. The highest BCUT2D eigenvalue weighted by Gasteiger charge is 2.39. The fraction of sp³-hybridized carbons (Fsp3) is 0.286. The summed E-state index contributed by atoms with van der Waals surface area (Å²) in [7, 11) is 1.14. The molecule has 0 radical (unpaired) electrons. The molecule has 0 atom stereocenters. The Morgan fingerprint density at radius 3 is 2.62 bits per heavy atom. The largest absolute Gasteiger partial charge is 0.471 e. The first kappa shape index (κ1) is 12.0. The molecule has 0 aliphatic rings. The molecule has 0 bridgehead atoms. The van der Waals surface area contributed by atoms with Crippen molar-refractivity contribution in [3.05, 3.63) is 16.6 Å². The Balaban J connectivity index is 3.05. The fourth-order valence-electron chi connectivity index (χ4n) is 0.851. The molecule has 0 spiro atoms. The SMILES string of the molecule is Cn1c(NC(=O)C(F)(F)F)ncc(N)c1=O. The molecule has 1 aromatic rings. The van der Waals surface area contributed by atoms with Crippen LogP contribution < -0.4 is 16.6 Å². The third-order valence-corrected chi connectivity index (χ3v) is 1.68. The van der Waals surface area contributed by atoms with Crippen molar-refractivity contribution in [2.24, 2.45) is 7.05 Å². The zero-order valence-corrected chi connectivity index (χ0v) is 8.00. The van der Waals surface area contributed by atoms with Crippen LogP contribution in [0.4, 0.5) is 24.8 Å². The maximum atomic E-state index is 11.9. The van der Waals surface area contributed by atoms with Gasteiger partial charge in [0, 0.05) is 7.05 Å². The normalized spacial score (nSPS) is 11.2. The van der Waals surface area contributed by atoms with E-state index in [0.29, 0.717) is 4.57 Å². The molecular weight excluding hydrogens is 229 g/mol. The summed E-state index contributed by atoms with van der Waals surface area (Å²) in [5, 5.41) is 1.45. The predicted molar refractivity (Wildman–Crippen MR) is 48.6 cm³/mol. The molecule has 1 amide bonds. The summed E-state index contributed by atoms with van der Waals surface area (Å²) in [6.07, 6.45) is -4.17. The number of amides is 1. The lowest BCUT2D eigenvalue weighted by molar-refractivity contribution is -0.167. The lowest BCUT2D eigenvalue weighted by Crippen LogP contribution is -2.33. The summed E-state index contributed by atoms with van der Waals surface area (Å²) in [4.78, 5) is 25.1. The Hall–Kier alpha value is -2.06. The van der Waals surface area contributed by atoms with Crippen molar-refractivity contribution < 1.29 is 18.0 Å². The number of nitrogen functional groups attached to an aromatic ring is 1. The Bertz CT molecular complexity index is 480. The van der Waals surface area contributed by atoms with Crippen LogP contribution in [0.3, 0.4) is 0 Å². The lowest BCUT2D eigenvalue weighted by atomic mass is 10.5. The number of carbonyl (C=O) groups is 1. The molecule has 0 aliphatic heterocycles. The average Bonchev–Trinajstić information content (AvgIpc) is 2.17. The van der Waals surface area contributed by atoms with Gasteiger partial charge in [-0.25, -0.2) is 4.98 Å². The Labute approximate surface area is 86.9 Å². The highest BCUT2D eigenvalue weighted by atomic mass is 19.4. The number of anilines is 2. The summed E-state index contributed by atoms with van der Waals surface area (Å²) < 4.78 is 36.4. The predicted octanol–water partition coefficient (Wildman–Crippen LogP) is -0.137. The molecule has 0 saturated heterocycles. The quantitative estimate of drug-likeness (QED) is 0.710. The molecule has 6 nitrogen and oxygen atoms in total. The zero-order chi connectivity index (χ0) is 12.5. The van der Waals surface area contributed by atoms with Crippen LogP contribution in [0, 0.1) is 0 Å². The highest BCUT2D eigenvalue weighted by molar-refractivity contribution is 5.93. The van der Waals surface area contributed by atoms with Crippen molar-refractivity contribution in [3.8, 4) is 0 Å². The molecule has 0 saturated carbocycles. The molecule has 9 heteroatoms. The Morgan fingerprint density at radius 2 is 2.12 bits per heavy atom. The number of hydrogen-bond acceptors (Lipinski definition) is 4. The van der Waals surface area contributed by atoms with Crippen LogP contribution in [0.15, 0.2) is 11.0 Å². The molecule has 1 aromatic heterocycles. The van der Waals surface area contributed by atoms with Crippen LogP contribution in [0.25, 0.3) is 0 Å². The standard InChI is InChI=1S/C7H7F3N4O2/c1-14-4(15)3(11)2-12-6(14)13-5(16)7(8,9)10/h2H,11H2,1H3,(H,12,13,16). The average molecular weight is 236 g/mol. The highest BCUT2D eigenvalue weighted by Crippen LogP contribution is 2.16. The first-order valence-corrected chi connectivity index (χ1v) is 3.93. The van der Waals surface area contributed by atoms with E-state index in [4.69, 9.17) is 5.73 Å². The fourth-order valence-corrected chi connectivity index (χ4v) is 0.851. The third kappa shape index (κ3) is 2.30. The van der Waals surface area contributed by atoms with Gasteiger partial charge in [0.2, 0.25) is 5.95 Å². The molecule has 0 unspecified atom stereocenters. The van der Waals surface area contributed by atoms with E-state index in [9.17, 15) is 22.8 Å². The van der Waals surface area contributed by atoms with Crippen LogP contribution in [0.1, 0.15) is 0 Å². The van der Waals surface area contributed by atoms with E-state index in [1.807, 2.05) is 0 Å². The van der Waals surface area contributed by atoms with E-state index in [1.54, 1.807) is 0 Å². The molecule has 1 rings (SSSR count). The van der Waals surface area contributed by atoms with E-state index in [1.165, 1.54) is 5.32 Å². The van der Waals surface area contributed by atoms with Crippen molar-refractivity contribution in [1.82, 2.24) is 9.55 Å². The maximum Gasteiger partial charge on any atom is 0.471 e. The number of nitrogens with two attached hydrogens (primary N) is 1. The Morgan fingerprint density at radius 1 is 1.56 bits per heavy atom. The van der Waals surface area contributed by atoms with Gasteiger partial charge < -0.3 is 5.73 Å². The number of hydrogen-bond donors (Lipinski definition) is 2. The first-order valence-electron chi connectivity index (χ1n) is 3.93. The van der Waals surface area contributed by atoms with Crippen molar-refractivity contribution in [3.63, 3.8) is 0 Å². The number of alkyl halides is 3. The monoisotopic (exact) mass is 236 g/mol. The van der Waals surface area contributed by atoms with Crippen LogP contribution in [0.2, 0.25) is 0 Å². The molecule has 1 heterocycles. The van der Waals surface area contributed by atoms with E-state index in [-0.39, 0.29) is 5.69 Å². The first-order chi connectivity index (χ1) is 7.23. The number of halogens is 3. The molecule has 0 fully saturated rings. The molecule has 16 heavy (non-hydrogen) atoms. The van der Waals surface area contributed by atoms with E-state index < -0.39 is 23.6 Å². The van der Waals surface area contributed by atoms with Gasteiger partial charge in [-0.15, -0.1) is 0 Å². The van der Waals surface area contributed by atoms with Gasteiger partial charge in [-0.1, -0.05) is 0 Å². The van der Waals surface area contributed by atoms with Crippen LogP contribution in [-0.2, 0) is 11.8 Å². The van der Waals surface area contributed by atoms with E-state index in [0.717, 1.165) is 13.2 Å². The van der Waals surface area contributed by atoms with Crippen LogP contribution in [0.5, 0.6) is 0 Å². The topological polar surface area (TPSA) is 90.0 Å². The van der Waals surface area contributed by atoms with Gasteiger partial charge in [-0.2, -0.15) is 13.2 Å². The minimum atomic E-state index is -5.04. The number of carbonyl (C=O) groups excluding carboxylic acids is 1. The molecule has 0 aromatic carbocycles. The zero-order valence-electron chi connectivity index (χ0n) is 8.00. The van der Waals surface area contributed by atoms with Gasteiger partial charge >= 0.3 is 12.1 Å². The van der Waals surface area contributed by atoms with Gasteiger partial charge in [-0.05, 0) is 0 Å². The van der Waals surface area contributed by atoms with Crippen molar-refractivity contribution in [1.29, 1.82) is 0 Å². The van der Waals surface area contributed by atoms with Crippen molar-refractivity contribution in [2.75, 3.05) is 11.1 Å². The minimum Gasteiger partial charge on any atom is -0.393 e. The molecular formula is C7H7F3N4O2. The van der Waals surface area contributed by atoms with Crippen molar-refractivity contribution >= 4 is 17.5 Å². The van der Waals surface area contributed by atoms with Gasteiger partial charge in [0.15, 0.2) is 0 Å². The number of rotatable bonds is 1. The second-order valence-electron chi connectivity index (χ2n) is 2.85. The smallest absolute Gasteiger partial charge is 0.393 e. The minimum absolute atomic E-state index is 0.229. The number of nitrogens with zero attached hydrogens (tertiary/aromatic N) is 2. The Kier molecular flexibility index (Phi) is 2.88. The third-order valence-electron chi connectivity index (χ3n) is 1.68. The second kappa shape index (κ2) is 3.83. The maximum absolute atomic E-state index is 11.9. The molecule has 3 N–H and O–H groups in total. The molecule has 0 aliphatic carbocycles. The number of nitrogens with one attached hydrogen (secondary N) is 1. The number of aromatic nitrogens is 2. The summed E-state index contributed by atoms with van der Waals surface area (Å²) in [6, 6.07) is 0. The summed E-state index contributed by atoms with van der Waals surface area (Å²) in [5.74, 6) is -2.73. The van der Waals surface area contributed by atoms with Crippen LogP contribution in [-0.4, -0.2) is 21.6 Å². The summed E-state index contributed by atoms with van der Waals surface area (Å²) in [6.45, 7) is 0. The van der Waals surface area contributed by atoms with Gasteiger partial charge in [0.1, 0.15) is 5.69 Å². The summed E-state index contributed by atoms with van der Waals surface area (Å²) in [5.41, 5.74) is 4.20. The van der Waals surface area contributed by atoms with Crippen molar-refractivity contribution in [2.45, 2.75) is 6.18 Å². The second-order valence-corrected chi connectivity index (χ2v) is 2.85. The molecule has 88 valence electrons. The van der Waals surface area contributed by atoms with Gasteiger partial charge in [0.05, 0.1) is 6.20 Å². The van der Waals surface area contributed by atoms with Crippen LogP contribution >= 0.6 is 0 Å². The van der Waals surface area contributed by atoms with Gasteiger partial charge in [0.25, 0.3) is 5.56 Å².